The van der Waals surface area contributed by atoms with Gasteiger partial charge in [0.1, 0.15) is 0 Å². The SMILES string of the molecule is COc1cc(C)c(C=CCCS)cn1. The maximum absolute atomic E-state index is 5.03. The molecule has 1 aromatic rings. The predicted molar refractivity (Wildman–Crippen MR) is 63.0 cm³/mol. The van der Waals surface area contributed by atoms with Gasteiger partial charge in [0, 0.05) is 12.3 Å². The van der Waals surface area contributed by atoms with Crippen molar-refractivity contribution in [3.8, 4) is 5.88 Å². The minimum absolute atomic E-state index is 0.661. The van der Waals surface area contributed by atoms with Gasteiger partial charge in [0.15, 0.2) is 0 Å². The van der Waals surface area contributed by atoms with Crippen molar-refractivity contribution in [2.75, 3.05) is 12.9 Å². The summed E-state index contributed by atoms with van der Waals surface area (Å²) in [7, 11) is 1.62. The van der Waals surface area contributed by atoms with Gasteiger partial charge in [0.05, 0.1) is 7.11 Å². The van der Waals surface area contributed by atoms with Gasteiger partial charge in [-0.25, -0.2) is 4.98 Å². The van der Waals surface area contributed by atoms with Gasteiger partial charge in [0.2, 0.25) is 5.88 Å². The molecule has 2 nitrogen and oxygen atoms in total. The fraction of sp³-hybridized carbons (Fsp3) is 0.364. The molecule has 0 saturated carbocycles. The maximum Gasteiger partial charge on any atom is 0.213 e. The molecule has 1 rings (SSSR count). The fourth-order valence-corrected chi connectivity index (χ4v) is 1.26. The molecule has 0 aliphatic carbocycles. The summed E-state index contributed by atoms with van der Waals surface area (Å²) >= 11 is 4.14. The second kappa shape index (κ2) is 5.70. The molecule has 1 aromatic heterocycles. The highest BCUT2D eigenvalue weighted by Gasteiger charge is 1.97. The van der Waals surface area contributed by atoms with Crippen molar-refractivity contribution in [3.63, 3.8) is 0 Å². The largest absolute Gasteiger partial charge is 0.481 e. The minimum Gasteiger partial charge on any atom is -0.481 e. The van der Waals surface area contributed by atoms with E-state index in [0.717, 1.165) is 17.7 Å². The summed E-state index contributed by atoms with van der Waals surface area (Å²) in [5.41, 5.74) is 2.31. The van der Waals surface area contributed by atoms with E-state index < -0.39 is 0 Å². The lowest BCUT2D eigenvalue weighted by atomic mass is 10.1. The molecule has 1 heterocycles. The molecule has 0 N–H and O–H groups in total. The molecule has 3 heteroatoms. The Bertz CT molecular complexity index is 323. The van der Waals surface area contributed by atoms with E-state index in [2.05, 4.69) is 29.8 Å². The Labute approximate surface area is 90.4 Å². The quantitative estimate of drug-likeness (QED) is 0.770. The molecule has 0 amide bonds. The number of aromatic nitrogens is 1. The van der Waals surface area contributed by atoms with Crippen LogP contribution in [0.25, 0.3) is 6.08 Å². The van der Waals surface area contributed by atoms with Crippen molar-refractivity contribution in [2.24, 2.45) is 0 Å². The lowest BCUT2D eigenvalue weighted by Gasteiger charge is -2.02. The summed E-state index contributed by atoms with van der Waals surface area (Å²) in [5, 5.41) is 0. The molecule has 0 radical (unpaired) electrons. The summed E-state index contributed by atoms with van der Waals surface area (Å²) < 4.78 is 5.03. The number of hydrogen-bond donors (Lipinski definition) is 1. The van der Waals surface area contributed by atoms with Crippen molar-refractivity contribution in [1.29, 1.82) is 0 Å². The highest BCUT2D eigenvalue weighted by Crippen LogP contribution is 2.14. The predicted octanol–water partition coefficient (Wildman–Crippen LogP) is 2.73. The van der Waals surface area contributed by atoms with E-state index in [1.165, 1.54) is 5.56 Å². The van der Waals surface area contributed by atoms with Gasteiger partial charge in [0.25, 0.3) is 0 Å². The van der Waals surface area contributed by atoms with E-state index in [1.807, 2.05) is 19.2 Å². The van der Waals surface area contributed by atoms with Crippen molar-refractivity contribution in [2.45, 2.75) is 13.3 Å². The normalized spacial score (nSPS) is 10.8. The molecule has 0 bridgehead atoms. The standard InChI is InChI=1S/C11H15NOS/c1-9-7-11(13-2)12-8-10(9)5-3-4-6-14/h3,5,7-8,14H,4,6H2,1-2H3. The second-order valence-corrected chi connectivity index (χ2v) is 3.45. The lowest BCUT2D eigenvalue weighted by Crippen LogP contribution is -1.90. The average molecular weight is 209 g/mol. The van der Waals surface area contributed by atoms with Crippen LogP contribution in [-0.2, 0) is 0 Å². The van der Waals surface area contributed by atoms with Crippen LogP contribution in [0.3, 0.4) is 0 Å². The van der Waals surface area contributed by atoms with Gasteiger partial charge >= 0.3 is 0 Å². The molecule has 0 spiro atoms. The third kappa shape index (κ3) is 3.07. The summed E-state index contributed by atoms with van der Waals surface area (Å²) in [6.45, 7) is 2.05. The van der Waals surface area contributed by atoms with Crippen molar-refractivity contribution < 1.29 is 4.74 Å². The molecule has 0 aliphatic heterocycles. The number of rotatable bonds is 4. The number of methoxy groups -OCH3 is 1. The third-order valence-corrected chi connectivity index (χ3v) is 2.19. The van der Waals surface area contributed by atoms with Crippen LogP contribution in [0, 0.1) is 6.92 Å². The molecule has 0 atom stereocenters. The van der Waals surface area contributed by atoms with Crippen molar-refractivity contribution >= 4 is 18.7 Å². The maximum atomic E-state index is 5.03. The van der Waals surface area contributed by atoms with Crippen LogP contribution in [0.1, 0.15) is 17.5 Å². The lowest BCUT2D eigenvalue weighted by molar-refractivity contribution is 0.397. The van der Waals surface area contributed by atoms with E-state index >= 15 is 0 Å². The Kier molecular flexibility index (Phi) is 4.53. The average Bonchev–Trinajstić information content (AvgIpc) is 2.20. The zero-order valence-corrected chi connectivity index (χ0v) is 9.42. The third-order valence-electron chi connectivity index (χ3n) is 1.93. The number of aryl methyl sites for hydroxylation is 1. The smallest absolute Gasteiger partial charge is 0.213 e. The number of nitrogens with zero attached hydrogens (tertiary/aromatic N) is 1. The zero-order valence-electron chi connectivity index (χ0n) is 8.53. The molecule has 0 saturated heterocycles. The van der Waals surface area contributed by atoms with E-state index in [-0.39, 0.29) is 0 Å². The summed E-state index contributed by atoms with van der Waals surface area (Å²) in [6, 6.07) is 1.93. The molecule has 0 aliphatic rings. The molecule has 0 aromatic carbocycles. The van der Waals surface area contributed by atoms with Crippen LogP contribution in [0.2, 0.25) is 0 Å². The first-order valence-electron chi connectivity index (χ1n) is 4.56. The molecule has 14 heavy (non-hydrogen) atoms. The highest BCUT2D eigenvalue weighted by molar-refractivity contribution is 7.80. The van der Waals surface area contributed by atoms with E-state index in [4.69, 9.17) is 4.74 Å². The number of ether oxygens (including phenoxy) is 1. The minimum atomic E-state index is 0.661. The summed E-state index contributed by atoms with van der Waals surface area (Å²) in [6.07, 6.45) is 6.97. The monoisotopic (exact) mass is 209 g/mol. The zero-order chi connectivity index (χ0) is 10.4. The second-order valence-electron chi connectivity index (χ2n) is 3.00. The van der Waals surface area contributed by atoms with E-state index in [0.29, 0.717) is 5.88 Å². The Morgan fingerprint density at radius 2 is 2.36 bits per heavy atom. The molecular weight excluding hydrogens is 194 g/mol. The van der Waals surface area contributed by atoms with Gasteiger partial charge in [-0.15, -0.1) is 0 Å². The number of hydrogen-bond acceptors (Lipinski definition) is 3. The Hall–Kier alpha value is -0.960. The first-order chi connectivity index (χ1) is 6.77. The highest BCUT2D eigenvalue weighted by atomic mass is 32.1. The summed E-state index contributed by atoms with van der Waals surface area (Å²) in [5.74, 6) is 1.54. The number of allylic oxidation sites excluding steroid dienone is 1. The van der Waals surface area contributed by atoms with Crippen LogP contribution in [-0.4, -0.2) is 17.8 Å². The van der Waals surface area contributed by atoms with Crippen LogP contribution in [0.15, 0.2) is 18.3 Å². The van der Waals surface area contributed by atoms with Crippen molar-refractivity contribution in [1.82, 2.24) is 4.98 Å². The van der Waals surface area contributed by atoms with Crippen LogP contribution < -0.4 is 4.74 Å². The van der Waals surface area contributed by atoms with Gasteiger partial charge in [-0.3, -0.25) is 0 Å². The first kappa shape index (κ1) is 11.1. The Morgan fingerprint density at radius 3 is 2.93 bits per heavy atom. The molecule has 0 fully saturated rings. The van der Waals surface area contributed by atoms with Crippen LogP contribution >= 0.6 is 12.6 Å². The van der Waals surface area contributed by atoms with Gasteiger partial charge in [-0.1, -0.05) is 12.2 Å². The van der Waals surface area contributed by atoms with E-state index in [1.54, 1.807) is 7.11 Å². The van der Waals surface area contributed by atoms with Gasteiger partial charge in [-0.05, 0) is 30.2 Å². The van der Waals surface area contributed by atoms with Gasteiger partial charge in [-0.2, -0.15) is 12.6 Å². The molecule has 76 valence electrons. The van der Waals surface area contributed by atoms with Crippen molar-refractivity contribution in [3.05, 3.63) is 29.5 Å². The molecule has 0 unspecified atom stereocenters. The van der Waals surface area contributed by atoms with Crippen LogP contribution in [0.4, 0.5) is 0 Å². The molecular formula is C11H15NOS. The number of pyridine rings is 1. The summed E-state index contributed by atoms with van der Waals surface area (Å²) in [4.78, 5) is 4.14. The first-order valence-corrected chi connectivity index (χ1v) is 5.19. The fourth-order valence-electron chi connectivity index (χ4n) is 1.11. The van der Waals surface area contributed by atoms with Gasteiger partial charge < -0.3 is 4.74 Å². The number of thiol groups is 1. The Balaban J connectivity index is 2.78. The Morgan fingerprint density at radius 1 is 1.57 bits per heavy atom. The topological polar surface area (TPSA) is 22.1 Å². The van der Waals surface area contributed by atoms with E-state index in [9.17, 15) is 0 Å². The van der Waals surface area contributed by atoms with Crippen LogP contribution in [0.5, 0.6) is 5.88 Å².